The van der Waals surface area contributed by atoms with Crippen molar-refractivity contribution >= 4 is 32.9 Å². The van der Waals surface area contributed by atoms with Crippen LogP contribution in [0.15, 0.2) is 30.3 Å². The molecule has 6 nitrogen and oxygen atoms in total. The van der Waals surface area contributed by atoms with Crippen LogP contribution in [0.3, 0.4) is 0 Å². The van der Waals surface area contributed by atoms with Crippen LogP contribution in [0.1, 0.15) is 0 Å². The number of hydrogen-bond donors (Lipinski definition) is 4. The van der Waals surface area contributed by atoms with Crippen molar-refractivity contribution in [1.82, 2.24) is 10.9 Å². The Labute approximate surface area is 117 Å². The highest BCUT2D eigenvalue weighted by Gasteiger charge is 2.36. The van der Waals surface area contributed by atoms with Crippen molar-refractivity contribution in [2.45, 2.75) is 12.1 Å². The molecule has 0 amide bonds. The maximum absolute atomic E-state index is 11.3. The van der Waals surface area contributed by atoms with Crippen LogP contribution in [0, 0.1) is 0 Å². The maximum atomic E-state index is 11.3. The van der Waals surface area contributed by atoms with Crippen molar-refractivity contribution in [3.05, 3.63) is 30.3 Å². The second-order valence-electron chi connectivity index (χ2n) is 4.34. The highest BCUT2D eigenvalue weighted by Crippen LogP contribution is 2.11. The molecule has 8 heteroatoms. The smallest absolute Gasteiger partial charge is 0.185 e. The van der Waals surface area contributed by atoms with Gasteiger partial charge in [-0.1, -0.05) is 18.2 Å². The molecule has 2 rings (SSSR count). The van der Waals surface area contributed by atoms with E-state index in [4.69, 9.17) is 12.2 Å². The number of hydrogen-bond acceptors (Lipinski definition) is 5. The number of aliphatic hydroxyl groups excluding tert-OH is 1. The molecule has 104 valence electrons. The molecule has 19 heavy (non-hydrogen) atoms. The van der Waals surface area contributed by atoms with Gasteiger partial charge >= 0.3 is 0 Å². The first-order chi connectivity index (χ1) is 8.96. The zero-order valence-electron chi connectivity index (χ0n) is 10.0. The average Bonchev–Trinajstić information content (AvgIpc) is 2.61. The van der Waals surface area contributed by atoms with Gasteiger partial charge in [-0.05, 0) is 24.4 Å². The third-order valence-corrected chi connectivity index (χ3v) is 4.65. The van der Waals surface area contributed by atoms with Crippen LogP contribution in [0.5, 0.6) is 0 Å². The Morgan fingerprint density at radius 1 is 1.26 bits per heavy atom. The van der Waals surface area contributed by atoms with Gasteiger partial charge in [0.05, 0.1) is 23.7 Å². The summed E-state index contributed by atoms with van der Waals surface area (Å²) < 4.78 is 22.6. The minimum Gasteiger partial charge on any atom is -0.390 e. The van der Waals surface area contributed by atoms with E-state index in [0.29, 0.717) is 5.11 Å². The number of benzene rings is 1. The molecule has 0 bridgehead atoms. The van der Waals surface area contributed by atoms with Gasteiger partial charge in [-0.25, -0.2) is 13.8 Å². The van der Waals surface area contributed by atoms with Crippen molar-refractivity contribution in [2.75, 3.05) is 16.8 Å². The van der Waals surface area contributed by atoms with E-state index in [1.165, 1.54) is 0 Å². The molecule has 0 spiro atoms. The van der Waals surface area contributed by atoms with Crippen molar-refractivity contribution < 1.29 is 13.5 Å². The molecule has 1 aromatic carbocycles. The predicted molar refractivity (Wildman–Crippen MR) is 77.4 cm³/mol. The Balaban J connectivity index is 1.81. The van der Waals surface area contributed by atoms with E-state index < -0.39 is 22.0 Å². The van der Waals surface area contributed by atoms with Gasteiger partial charge in [0.25, 0.3) is 0 Å². The molecule has 1 saturated heterocycles. The second kappa shape index (κ2) is 5.83. The van der Waals surface area contributed by atoms with E-state index in [1.807, 2.05) is 30.3 Å². The summed E-state index contributed by atoms with van der Waals surface area (Å²) in [6.07, 6.45) is -0.919. The van der Waals surface area contributed by atoms with Crippen molar-refractivity contribution in [2.24, 2.45) is 0 Å². The lowest BCUT2D eigenvalue weighted by Gasteiger charge is -2.17. The van der Waals surface area contributed by atoms with Gasteiger partial charge in [0.1, 0.15) is 0 Å². The molecule has 1 heterocycles. The molecule has 0 radical (unpaired) electrons. The van der Waals surface area contributed by atoms with Crippen molar-refractivity contribution in [3.63, 3.8) is 0 Å². The summed E-state index contributed by atoms with van der Waals surface area (Å²) in [5, 5.41) is 12.8. The van der Waals surface area contributed by atoms with E-state index in [9.17, 15) is 13.5 Å². The third kappa shape index (κ3) is 4.13. The highest BCUT2D eigenvalue weighted by molar-refractivity contribution is 7.91. The van der Waals surface area contributed by atoms with Gasteiger partial charge in [-0.15, -0.1) is 0 Å². The molecular formula is C11H15N3O3S2. The molecule has 1 fully saturated rings. The highest BCUT2D eigenvalue weighted by atomic mass is 32.2. The second-order valence-corrected chi connectivity index (χ2v) is 6.90. The van der Waals surface area contributed by atoms with Crippen LogP contribution in [-0.2, 0) is 9.84 Å². The van der Waals surface area contributed by atoms with E-state index in [-0.39, 0.29) is 11.5 Å². The number of anilines is 1. The van der Waals surface area contributed by atoms with Crippen LogP contribution in [-0.4, -0.2) is 42.3 Å². The largest absolute Gasteiger partial charge is 0.390 e. The number of sulfone groups is 1. The summed E-state index contributed by atoms with van der Waals surface area (Å²) in [7, 11) is -3.17. The first kappa shape index (κ1) is 14.2. The van der Waals surface area contributed by atoms with Crippen molar-refractivity contribution in [3.8, 4) is 0 Å². The minimum absolute atomic E-state index is 0.102. The SMILES string of the molecule is O=S1(=O)C[C@@H](O)[C@@H](NNC(=S)Nc2ccccc2)C1. The number of nitrogens with one attached hydrogen (secondary N) is 3. The number of para-hydroxylation sites is 1. The number of rotatable bonds is 3. The summed E-state index contributed by atoms with van der Waals surface area (Å²) in [5.74, 6) is -0.319. The van der Waals surface area contributed by atoms with E-state index >= 15 is 0 Å². The maximum Gasteiger partial charge on any atom is 0.185 e. The van der Waals surface area contributed by atoms with Gasteiger partial charge in [0, 0.05) is 5.69 Å². The molecule has 1 aromatic rings. The Bertz CT molecular complexity index is 548. The average molecular weight is 301 g/mol. The standard InChI is InChI=1S/C11H15N3O3S2/c15-10-7-19(16,17)6-9(10)13-14-11(18)12-8-4-2-1-3-5-8/h1-5,9-10,13,15H,6-7H2,(H2,12,14,18)/t9-,10+/m0/s1. The first-order valence-corrected chi connectivity index (χ1v) is 7.95. The Morgan fingerprint density at radius 3 is 2.53 bits per heavy atom. The topological polar surface area (TPSA) is 90.5 Å². The Morgan fingerprint density at radius 2 is 1.95 bits per heavy atom. The molecule has 0 unspecified atom stereocenters. The summed E-state index contributed by atoms with van der Waals surface area (Å²) in [6, 6.07) is 8.77. The molecule has 2 atom stereocenters. The predicted octanol–water partition coefficient (Wildman–Crippen LogP) is -0.364. The Kier molecular flexibility index (Phi) is 4.35. The third-order valence-electron chi connectivity index (χ3n) is 2.73. The zero-order valence-corrected chi connectivity index (χ0v) is 11.7. The van der Waals surface area contributed by atoms with Gasteiger partial charge < -0.3 is 10.4 Å². The van der Waals surface area contributed by atoms with E-state index in [2.05, 4.69) is 16.2 Å². The van der Waals surface area contributed by atoms with Crippen LogP contribution in [0.4, 0.5) is 5.69 Å². The number of aliphatic hydroxyl groups is 1. The van der Waals surface area contributed by atoms with Crippen molar-refractivity contribution in [1.29, 1.82) is 0 Å². The molecule has 0 saturated carbocycles. The molecule has 0 aliphatic carbocycles. The Hall–Kier alpha value is -1.22. The van der Waals surface area contributed by atoms with Crippen LogP contribution in [0.2, 0.25) is 0 Å². The lowest BCUT2D eigenvalue weighted by Crippen LogP contribution is -2.50. The van der Waals surface area contributed by atoms with Gasteiger partial charge in [-0.2, -0.15) is 0 Å². The minimum atomic E-state index is -3.17. The summed E-state index contributed by atoms with van der Waals surface area (Å²) >= 11 is 5.05. The number of thiocarbonyl (C=S) groups is 1. The fourth-order valence-electron chi connectivity index (χ4n) is 1.81. The molecule has 0 aromatic heterocycles. The zero-order chi connectivity index (χ0) is 13.9. The lowest BCUT2D eigenvalue weighted by molar-refractivity contribution is 0.163. The van der Waals surface area contributed by atoms with E-state index in [0.717, 1.165) is 5.69 Å². The van der Waals surface area contributed by atoms with Gasteiger partial charge in [0.15, 0.2) is 14.9 Å². The van der Waals surface area contributed by atoms with Crippen LogP contribution in [0.25, 0.3) is 0 Å². The van der Waals surface area contributed by atoms with Crippen LogP contribution < -0.4 is 16.2 Å². The van der Waals surface area contributed by atoms with E-state index in [1.54, 1.807) is 0 Å². The molecule has 4 N–H and O–H groups in total. The monoisotopic (exact) mass is 301 g/mol. The summed E-state index contributed by atoms with van der Waals surface area (Å²) in [6.45, 7) is 0. The molecule has 1 aliphatic heterocycles. The fourth-order valence-corrected chi connectivity index (χ4v) is 3.73. The summed E-state index contributed by atoms with van der Waals surface area (Å²) in [5.41, 5.74) is 6.23. The van der Waals surface area contributed by atoms with Gasteiger partial charge in [-0.3, -0.25) is 5.43 Å². The quantitative estimate of drug-likeness (QED) is 0.447. The molecule has 1 aliphatic rings. The van der Waals surface area contributed by atoms with Crippen LogP contribution >= 0.6 is 12.2 Å². The lowest BCUT2D eigenvalue weighted by atomic mass is 10.2. The van der Waals surface area contributed by atoms with Gasteiger partial charge in [0.2, 0.25) is 0 Å². The normalized spacial score (nSPS) is 24.9. The number of hydrazine groups is 1. The molecular weight excluding hydrogens is 286 g/mol. The first-order valence-electron chi connectivity index (χ1n) is 5.72. The summed E-state index contributed by atoms with van der Waals surface area (Å²) in [4.78, 5) is 0. The fraction of sp³-hybridized carbons (Fsp3) is 0.364.